The van der Waals surface area contributed by atoms with Crippen LogP contribution in [0.3, 0.4) is 0 Å². The number of aromatic nitrogens is 1. The Labute approximate surface area is 147 Å². The van der Waals surface area contributed by atoms with Crippen molar-refractivity contribution in [1.29, 1.82) is 0 Å². The molecule has 1 aliphatic heterocycles. The number of carbonyl (C=O) groups is 1. The molecular weight excluding hydrogens is 324 g/mol. The predicted octanol–water partition coefficient (Wildman–Crippen LogP) is 2.81. The van der Waals surface area contributed by atoms with Gasteiger partial charge < -0.3 is 15.1 Å². The maximum atomic E-state index is 12.2. The molecule has 0 radical (unpaired) electrons. The normalized spacial score (nSPS) is 14.5. The molecule has 3 rings (SSSR count). The zero-order valence-corrected chi connectivity index (χ0v) is 14.2. The summed E-state index contributed by atoms with van der Waals surface area (Å²) in [6, 6.07) is 13.6. The van der Waals surface area contributed by atoms with E-state index >= 15 is 0 Å². The zero-order chi connectivity index (χ0) is 16.8. The molecule has 2 amide bonds. The molecule has 0 atom stereocenters. The second-order valence-electron chi connectivity index (χ2n) is 5.77. The lowest BCUT2D eigenvalue weighted by Crippen LogP contribution is -2.52. The van der Waals surface area contributed by atoms with Gasteiger partial charge in [0, 0.05) is 43.9 Å². The number of halogens is 1. The summed E-state index contributed by atoms with van der Waals surface area (Å²) >= 11 is 5.87. The van der Waals surface area contributed by atoms with Crippen LogP contribution in [0.25, 0.3) is 0 Å². The summed E-state index contributed by atoms with van der Waals surface area (Å²) in [7, 11) is 0. The number of carbonyl (C=O) groups excluding carboxylic acids is 1. The van der Waals surface area contributed by atoms with Crippen molar-refractivity contribution in [2.24, 2.45) is 0 Å². The second-order valence-corrected chi connectivity index (χ2v) is 6.21. The van der Waals surface area contributed by atoms with Crippen LogP contribution in [0.15, 0.2) is 48.7 Å². The number of rotatable bonds is 4. The fourth-order valence-corrected chi connectivity index (χ4v) is 2.88. The van der Waals surface area contributed by atoms with E-state index in [0.717, 1.165) is 30.4 Å². The van der Waals surface area contributed by atoms with Gasteiger partial charge in [-0.1, -0.05) is 29.8 Å². The molecule has 1 aromatic carbocycles. The van der Waals surface area contributed by atoms with Crippen molar-refractivity contribution < 1.29 is 4.79 Å². The number of pyridine rings is 1. The lowest BCUT2D eigenvalue weighted by molar-refractivity contribution is 0.194. The third kappa shape index (κ3) is 4.38. The smallest absolute Gasteiger partial charge is 0.317 e. The first-order valence-electron chi connectivity index (χ1n) is 8.15. The van der Waals surface area contributed by atoms with Gasteiger partial charge in [0.05, 0.1) is 0 Å². The SMILES string of the molecule is O=C(NCCc1ccc(Cl)cc1)N1CCN(c2ccccn2)CC1. The van der Waals surface area contributed by atoms with Crippen LogP contribution < -0.4 is 10.2 Å². The number of hydrogen-bond donors (Lipinski definition) is 1. The maximum Gasteiger partial charge on any atom is 0.317 e. The first-order valence-corrected chi connectivity index (χ1v) is 8.53. The minimum atomic E-state index is 0.00429. The monoisotopic (exact) mass is 344 g/mol. The van der Waals surface area contributed by atoms with Gasteiger partial charge in [-0.3, -0.25) is 0 Å². The number of anilines is 1. The number of nitrogens with zero attached hydrogens (tertiary/aromatic N) is 3. The van der Waals surface area contributed by atoms with Crippen molar-refractivity contribution in [3.63, 3.8) is 0 Å². The Bertz CT molecular complexity index is 654. The van der Waals surface area contributed by atoms with Crippen LogP contribution >= 0.6 is 11.6 Å². The summed E-state index contributed by atoms with van der Waals surface area (Å²) in [5.74, 6) is 0.972. The minimum absolute atomic E-state index is 0.00429. The third-order valence-corrected chi connectivity index (χ3v) is 4.40. The molecule has 5 nitrogen and oxygen atoms in total. The molecule has 24 heavy (non-hydrogen) atoms. The highest BCUT2D eigenvalue weighted by Gasteiger charge is 2.21. The summed E-state index contributed by atoms with van der Waals surface area (Å²) in [6.45, 7) is 3.66. The molecule has 0 unspecified atom stereocenters. The van der Waals surface area contributed by atoms with Crippen LogP contribution in [0, 0.1) is 0 Å². The van der Waals surface area contributed by atoms with Gasteiger partial charge in [0.1, 0.15) is 5.82 Å². The van der Waals surface area contributed by atoms with E-state index in [-0.39, 0.29) is 6.03 Å². The molecule has 2 aromatic rings. The molecule has 1 aliphatic rings. The number of amides is 2. The van der Waals surface area contributed by atoms with Gasteiger partial charge in [-0.15, -0.1) is 0 Å². The molecule has 0 bridgehead atoms. The van der Waals surface area contributed by atoms with Crippen molar-refractivity contribution in [2.75, 3.05) is 37.6 Å². The highest BCUT2D eigenvalue weighted by atomic mass is 35.5. The highest BCUT2D eigenvalue weighted by Crippen LogP contribution is 2.12. The molecule has 0 aliphatic carbocycles. The molecule has 6 heteroatoms. The molecule has 1 saturated heterocycles. The minimum Gasteiger partial charge on any atom is -0.353 e. The van der Waals surface area contributed by atoms with Crippen molar-refractivity contribution >= 4 is 23.4 Å². The van der Waals surface area contributed by atoms with E-state index < -0.39 is 0 Å². The first-order chi connectivity index (χ1) is 11.7. The van der Waals surface area contributed by atoms with E-state index in [1.807, 2.05) is 47.4 Å². The standard InChI is InChI=1S/C18H21ClN4O/c19-16-6-4-15(5-7-16)8-10-21-18(24)23-13-11-22(12-14-23)17-3-1-2-9-20-17/h1-7,9H,8,10-14H2,(H,21,24). The number of nitrogens with one attached hydrogen (secondary N) is 1. The van der Waals surface area contributed by atoms with Crippen molar-refractivity contribution in [3.05, 3.63) is 59.2 Å². The van der Waals surface area contributed by atoms with Gasteiger partial charge in [0.15, 0.2) is 0 Å². The molecular formula is C18H21ClN4O. The molecule has 1 fully saturated rings. The molecule has 0 saturated carbocycles. The van der Waals surface area contributed by atoms with E-state index in [1.165, 1.54) is 5.56 Å². The summed E-state index contributed by atoms with van der Waals surface area (Å²) in [6.07, 6.45) is 2.60. The van der Waals surface area contributed by atoms with Gasteiger partial charge in [-0.2, -0.15) is 0 Å². The van der Waals surface area contributed by atoms with Gasteiger partial charge in [-0.25, -0.2) is 9.78 Å². The fourth-order valence-electron chi connectivity index (χ4n) is 2.76. The Kier molecular flexibility index (Phi) is 5.54. The Morgan fingerprint density at radius 3 is 2.50 bits per heavy atom. The van der Waals surface area contributed by atoms with E-state index in [1.54, 1.807) is 6.20 Å². The molecule has 0 spiro atoms. The third-order valence-electron chi connectivity index (χ3n) is 4.14. The van der Waals surface area contributed by atoms with E-state index in [4.69, 9.17) is 11.6 Å². The predicted molar refractivity (Wildman–Crippen MR) is 96.6 cm³/mol. The van der Waals surface area contributed by atoms with Crippen LogP contribution in [-0.4, -0.2) is 48.6 Å². The number of urea groups is 1. The lowest BCUT2D eigenvalue weighted by atomic mass is 10.1. The highest BCUT2D eigenvalue weighted by molar-refractivity contribution is 6.30. The van der Waals surface area contributed by atoms with Crippen LogP contribution in [0.1, 0.15) is 5.56 Å². The molecule has 126 valence electrons. The Balaban J connectivity index is 1.41. The molecule has 1 aromatic heterocycles. The average molecular weight is 345 g/mol. The average Bonchev–Trinajstić information content (AvgIpc) is 2.64. The van der Waals surface area contributed by atoms with Crippen LogP contribution in [-0.2, 0) is 6.42 Å². The second kappa shape index (κ2) is 8.02. The zero-order valence-electron chi connectivity index (χ0n) is 13.5. The molecule has 1 N–H and O–H groups in total. The Hall–Kier alpha value is -2.27. The van der Waals surface area contributed by atoms with E-state index in [0.29, 0.717) is 19.6 Å². The fraction of sp³-hybridized carbons (Fsp3) is 0.333. The maximum absolute atomic E-state index is 12.2. The van der Waals surface area contributed by atoms with Crippen molar-refractivity contribution in [1.82, 2.24) is 15.2 Å². The van der Waals surface area contributed by atoms with Gasteiger partial charge in [0.25, 0.3) is 0 Å². The van der Waals surface area contributed by atoms with E-state index in [9.17, 15) is 4.79 Å². The van der Waals surface area contributed by atoms with Gasteiger partial charge >= 0.3 is 6.03 Å². The first kappa shape index (κ1) is 16.6. The number of piperazine rings is 1. The van der Waals surface area contributed by atoms with Crippen LogP contribution in [0.5, 0.6) is 0 Å². The Morgan fingerprint density at radius 2 is 1.83 bits per heavy atom. The van der Waals surface area contributed by atoms with Gasteiger partial charge in [0.2, 0.25) is 0 Å². The summed E-state index contributed by atoms with van der Waals surface area (Å²) < 4.78 is 0. The lowest BCUT2D eigenvalue weighted by Gasteiger charge is -2.35. The van der Waals surface area contributed by atoms with Crippen LogP contribution in [0.2, 0.25) is 5.02 Å². The largest absolute Gasteiger partial charge is 0.353 e. The number of hydrogen-bond acceptors (Lipinski definition) is 3. The number of benzene rings is 1. The van der Waals surface area contributed by atoms with Crippen LogP contribution in [0.4, 0.5) is 10.6 Å². The summed E-state index contributed by atoms with van der Waals surface area (Å²) in [5.41, 5.74) is 1.17. The van der Waals surface area contributed by atoms with Crippen molar-refractivity contribution in [2.45, 2.75) is 6.42 Å². The topological polar surface area (TPSA) is 48.5 Å². The summed E-state index contributed by atoms with van der Waals surface area (Å²) in [4.78, 5) is 20.7. The quantitative estimate of drug-likeness (QED) is 0.927. The summed E-state index contributed by atoms with van der Waals surface area (Å²) in [5, 5.41) is 3.72. The van der Waals surface area contributed by atoms with Gasteiger partial charge in [-0.05, 0) is 36.2 Å². The van der Waals surface area contributed by atoms with Crippen molar-refractivity contribution in [3.8, 4) is 0 Å². The van der Waals surface area contributed by atoms with E-state index in [2.05, 4.69) is 15.2 Å². The Morgan fingerprint density at radius 1 is 1.08 bits per heavy atom. The molecule has 2 heterocycles.